The number of methoxy groups -OCH3 is 2. The molecule has 82 valence electrons. The van der Waals surface area contributed by atoms with E-state index in [1.165, 1.54) is 44.9 Å². The standard InChI is InChI=1S/C10H21NO2Si/c1-12-10(13-2)14-9-8-11-6-4-3-5-7-11/h10H,3-9H2,1-2H3. The molecule has 0 saturated carbocycles. The van der Waals surface area contributed by atoms with Crippen molar-refractivity contribution < 1.29 is 9.47 Å². The van der Waals surface area contributed by atoms with E-state index in [1.54, 1.807) is 14.2 Å². The molecule has 0 aromatic rings. The topological polar surface area (TPSA) is 21.7 Å². The average molecular weight is 215 g/mol. The first-order valence-corrected chi connectivity index (χ1v) is 6.66. The van der Waals surface area contributed by atoms with Gasteiger partial charge in [0.1, 0.15) is 15.4 Å². The van der Waals surface area contributed by atoms with Crippen molar-refractivity contribution in [2.45, 2.75) is 31.2 Å². The normalized spacial score (nSPS) is 19.1. The Morgan fingerprint density at radius 3 is 2.36 bits per heavy atom. The van der Waals surface area contributed by atoms with E-state index in [9.17, 15) is 0 Å². The Morgan fingerprint density at radius 2 is 1.79 bits per heavy atom. The summed E-state index contributed by atoms with van der Waals surface area (Å²) < 4.78 is 10.3. The molecule has 0 aliphatic carbocycles. The molecule has 1 heterocycles. The fraction of sp³-hybridized carbons (Fsp3) is 1.00. The number of nitrogens with zero attached hydrogens (tertiary/aromatic N) is 1. The highest BCUT2D eigenvalue weighted by atomic mass is 28.2. The molecule has 1 aliphatic heterocycles. The van der Waals surface area contributed by atoms with Crippen LogP contribution in [0.25, 0.3) is 0 Å². The van der Waals surface area contributed by atoms with Crippen molar-refractivity contribution in [1.82, 2.24) is 4.90 Å². The van der Waals surface area contributed by atoms with Gasteiger partial charge in [-0.25, -0.2) is 0 Å². The summed E-state index contributed by atoms with van der Waals surface area (Å²) in [5, 5.41) is 0. The summed E-state index contributed by atoms with van der Waals surface area (Å²) in [7, 11) is 4.18. The predicted molar refractivity (Wildman–Crippen MR) is 58.7 cm³/mol. The number of hydrogen-bond acceptors (Lipinski definition) is 3. The summed E-state index contributed by atoms with van der Waals surface area (Å²) in [6.45, 7) is 3.78. The summed E-state index contributed by atoms with van der Waals surface area (Å²) in [6.07, 6.45) is 4.17. The van der Waals surface area contributed by atoms with E-state index in [0.29, 0.717) is 0 Å². The molecule has 14 heavy (non-hydrogen) atoms. The van der Waals surface area contributed by atoms with E-state index in [4.69, 9.17) is 9.47 Å². The fourth-order valence-electron chi connectivity index (χ4n) is 1.79. The molecule has 2 radical (unpaired) electrons. The Labute approximate surface area is 89.6 Å². The highest BCUT2D eigenvalue weighted by Gasteiger charge is 2.11. The molecule has 0 aromatic heterocycles. The molecule has 0 N–H and O–H groups in total. The van der Waals surface area contributed by atoms with Crippen molar-refractivity contribution in [2.24, 2.45) is 0 Å². The third-order valence-electron chi connectivity index (χ3n) is 2.62. The zero-order valence-electron chi connectivity index (χ0n) is 9.29. The first kappa shape index (κ1) is 12.2. The molecule has 1 saturated heterocycles. The van der Waals surface area contributed by atoms with Crippen LogP contribution in [0.4, 0.5) is 0 Å². The average Bonchev–Trinajstić information content (AvgIpc) is 2.26. The Kier molecular flexibility index (Phi) is 6.43. The maximum absolute atomic E-state index is 5.16. The molecule has 0 amide bonds. The largest absolute Gasteiger partial charge is 0.360 e. The van der Waals surface area contributed by atoms with Gasteiger partial charge in [-0.3, -0.25) is 0 Å². The number of rotatable bonds is 6. The van der Waals surface area contributed by atoms with Crippen LogP contribution < -0.4 is 0 Å². The first-order valence-electron chi connectivity index (χ1n) is 5.38. The van der Waals surface area contributed by atoms with E-state index >= 15 is 0 Å². The van der Waals surface area contributed by atoms with Gasteiger partial charge in [0.15, 0.2) is 0 Å². The molecule has 0 aromatic carbocycles. The van der Waals surface area contributed by atoms with Crippen molar-refractivity contribution in [3.63, 3.8) is 0 Å². The number of piperidine rings is 1. The van der Waals surface area contributed by atoms with Crippen LogP contribution in [0.1, 0.15) is 19.3 Å². The minimum atomic E-state index is 0.0137. The van der Waals surface area contributed by atoms with E-state index in [1.807, 2.05) is 0 Å². The second-order valence-electron chi connectivity index (χ2n) is 3.66. The third kappa shape index (κ3) is 4.55. The lowest BCUT2D eigenvalue weighted by Crippen LogP contribution is -2.32. The SMILES string of the molecule is COC(OC)[Si]CCN1CCCCC1. The van der Waals surface area contributed by atoms with Crippen molar-refractivity contribution >= 4 is 9.52 Å². The molecular weight excluding hydrogens is 194 g/mol. The van der Waals surface area contributed by atoms with Crippen LogP contribution >= 0.6 is 0 Å². The Balaban J connectivity index is 2.01. The van der Waals surface area contributed by atoms with Gasteiger partial charge in [-0.15, -0.1) is 0 Å². The van der Waals surface area contributed by atoms with Gasteiger partial charge in [0.05, 0.1) is 0 Å². The van der Waals surface area contributed by atoms with Gasteiger partial charge in [0, 0.05) is 14.2 Å². The van der Waals surface area contributed by atoms with E-state index < -0.39 is 0 Å². The van der Waals surface area contributed by atoms with Gasteiger partial charge < -0.3 is 14.4 Å². The van der Waals surface area contributed by atoms with Gasteiger partial charge in [-0.1, -0.05) is 6.42 Å². The summed E-state index contributed by atoms with van der Waals surface area (Å²) in [4.78, 5) is 2.55. The highest BCUT2D eigenvalue weighted by Crippen LogP contribution is 2.08. The Morgan fingerprint density at radius 1 is 1.14 bits per heavy atom. The van der Waals surface area contributed by atoms with Gasteiger partial charge >= 0.3 is 0 Å². The molecule has 1 rings (SSSR count). The zero-order chi connectivity index (χ0) is 10.2. The van der Waals surface area contributed by atoms with Crippen molar-refractivity contribution in [2.75, 3.05) is 33.9 Å². The van der Waals surface area contributed by atoms with Crippen molar-refractivity contribution in [3.8, 4) is 0 Å². The second-order valence-corrected chi connectivity index (χ2v) is 5.04. The lowest BCUT2D eigenvalue weighted by atomic mass is 10.1. The van der Waals surface area contributed by atoms with E-state index in [-0.39, 0.29) is 5.91 Å². The molecule has 0 atom stereocenters. The van der Waals surface area contributed by atoms with Crippen LogP contribution in [0.3, 0.4) is 0 Å². The summed E-state index contributed by atoms with van der Waals surface area (Å²) in [5.41, 5.74) is 0. The minimum Gasteiger partial charge on any atom is -0.360 e. The quantitative estimate of drug-likeness (QED) is 0.490. The van der Waals surface area contributed by atoms with Crippen LogP contribution in [-0.4, -0.2) is 54.2 Å². The monoisotopic (exact) mass is 215 g/mol. The molecule has 4 heteroatoms. The van der Waals surface area contributed by atoms with Crippen LogP contribution in [-0.2, 0) is 9.47 Å². The zero-order valence-corrected chi connectivity index (χ0v) is 10.3. The van der Waals surface area contributed by atoms with Gasteiger partial charge in [-0.05, 0) is 38.5 Å². The van der Waals surface area contributed by atoms with Crippen LogP contribution in [0.15, 0.2) is 0 Å². The molecule has 0 spiro atoms. The lowest BCUT2D eigenvalue weighted by Gasteiger charge is -2.26. The third-order valence-corrected chi connectivity index (χ3v) is 3.93. The van der Waals surface area contributed by atoms with Crippen LogP contribution in [0.5, 0.6) is 0 Å². The van der Waals surface area contributed by atoms with Crippen molar-refractivity contribution in [3.05, 3.63) is 0 Å². The maximum Gasteiger partial charge on any atom is 0.136 e. The summed E-state index contributed by atoms with van der Waals surface area (Å²) >= 11 is 0. The summed E-state index contributed by atoms with van der Waals surface area (Å²) in [6, 6.07) is 1.20. The van der Waals surface area contributed by atoms with E-state index in [2.05, 4.69) is 4.90 Å². The Bertz CT molecular complexity index is 136. The molecule has 0 unspecified atom stereocenters. The first-order chi connectivity index (χ1) is 6.86. The number of hydrogen-bond donors (Lipinski definition) is 0. The van der Waals surface area contributed by atoms with Gasteiger partial charge in [0.2, 0.25) is 0 Å². The second kappa shape index (κ2) is 7.40. The summed E-state index contributed by atoms with van der Waals surface area (Å²) in [5.74, 6) is 0.0137. The highest BCUT2D eigenvalue weighted by molar-refractivity contribution is 6.36. The van der Waals surface area contributed by atoms with E-state index in [0.717, 1.165) is 9.52 Å². The lowest BCUT2D eigenvalue weighted by molar-refractivity contribution is -0.0442. The number of ether oxygens (including phenoxy) is 2. The number of likely N-dealkylation sites (tertiary alicyclic amines) is 1. The predicted octanol–water partition coefficient (Wildman–Crippen LogP) is 1.17. The minimum absolute atomic E-state index is 0.0137. The molecular formula is C10H21NO2Si. The smallest absolute Gasteiger partial charge is 0.136 e. The van der Waals surface area contributed by atoms with Crippen LogP contribution in [0.2, 0.25) is 6.04 Å². The van der Waals surface area contributed by atoms with Crippen molar-refractivity contribution in [1.29, 1.82) is 0 Å². The maximum atomic E-state index is 5.16. The molecule has 0 bridgehead atoms. The fourth-order valence-corrected chi connectivity index (χ4v) is 2.80. The molecule has 3 nitrogen and oxygen atoms in total. The molecule has 1 aliphatic rings. The van der Waals surface area contributed by atoms with Gasteiger partial charge in [0.25, 0.3) is 0 Å². The molecule has 1 fully saturated rings. The van der Waals surface area contributed by atoms with Gasteiger partial charge in [-0.2, -0.15) is 0 Å². The van der Waals surface area contributed by atoms with Crippen LogP contribution in [0, 0.1) is 0 Å². The Hall–Kier alpha value is 0.0969.